The third kappa shape index (κ3) is 6.28. The molecule has 16 heteroatoms. The standard InChI is InChI=1S/C32H30ClF5N6O3S/c1-18(21-9-14-25(33)24(15-21)26-40-17-41-44(26)28(34)35)43-27(45)31(42-29(43)39,16-30(2,3)32(36,37)38)22-10-5-19(6-11-22)20-7-12-23(13-8-20)48(4,46)47/h5-15,17-18,28H,16H2,1-4H3,(H2,39,42)/t18-,31+/m0/s1. The Kier molecular flexibility index (Phi) is 8.93. The van der Waals surface area contributed by atoms with E-state index in [4.69, 9.17) is 17.3 Å². The predicted octanol–water partition coefficient (Wildman–Crippen LogP) is 7.16. The molecule has 2 atom stereocenters. The van der Waals surface area contributed by atoms with Crippen molar-refractivity contribution in [3.63, 3.8) is 0 Å². The fourth-order valence-electron chi connectivity index (χ4n) is 5.66. The van der Waals surface area contributed by atoms with Crippen molar-refractivity contribution in [2.45, 2.75) is 56.4 Å². The molecule has 1 aliphatic rings. The summed E-state index contributed by atoms with van der Waals surface area (Å²) in [5.41, 5.74) is 3.70. The number of aromatic nitrogens is 3. The molecule has 3 aromatic carbocycles. The van der Waals surface area contributed by atoms with Gasteiger partial charge in [0.25, 0.3) is 5.91 Å². The van der Waals surface area contributed by atoms with Crippen LogP contribution in [0, 0.1) is 5.41 Å². The second-order valence-corrected chi connectivity index (χ2v) is 14.6. The van der Waals surface area contributed by atoms with Gasteiger partial charge in [0, 0.05) is 11.8 Å². The molecule has 0 saturated heterocycles. The number of guanidine groups is 1. The summed E-state index contributed by atoms with van der Waals surface area (Å²) < 4.78 is 94.1. The van der Waals surface area contributed by atoms with Crippen LogP contribution in [0.15, 0.2) is 82.9 Å². The van der Waals surface area contributed by atoms with Gasteiger partial charge >= 0.3 is 12.7 Å². The third-order valence-corrected chi connectivity index (χ3v) is 9.89. The Morgan fingerprint density at radius 1 is 0.979 bits per heavy atom. The van der Waals surface area contributed by atoms with Crippen LogP contribution in [0.3, 0.4) is 0 Å². The summed E-state index contributed by atoms with van der Waals surface area (Å²) in [7, 11) is -3.43. The van der Waals surface area contributed by atoms with Crippen LogP contribution in [0.4, 0.5) is 22.0 Å². The van der Waals surface area contributed by atoms with E-state index in [0.29, 0.717) is 21.4 Å². The van der Waals surface area contributed by atoms with E-state index in [0.717, 1.165) is 31.3 Å². The zero-order chi connectivity index (χ0) is 35.4. The molecule has 0 saturated carbocycles. The summed E-state index contributed by atoms with van der Waals surface area (Å²) in [5.74, 6) is -1.38. The fraction of sp³-hybridized carbons (Fsp3) is 0.312. The summed E-state index contributed by atoms with van der Waals surface area (Å²) in [6.45, 7) is 0.502. The molecular formula is C32H30ClF5N6O3S. The quantitative estimate of drug-likeness (QED) is 0.184. The van der Waals surface area contributed by atoms with Gasteiger partial charge < -0.3 is 5.73 Å². The lowest BCUT2D eigenvalue weighted by atomic mass is 9.74. The highest BCUT2D eigenvalue weighted by atomic mass is 35.5. The maximum Gasteiger partial charge on any atom is 0.394 e. The van der Waals surface area contributed by atoms with Crippen molar-refractivity contribution < 1.29 is 35.2 Å². The summed E-state index contributed by atoms with van der Waals surface area (Å²) in [4.78, 5) is 23.9. The Hall–Kier alpha value is -4.37. The minimum Gasteiger partial charge on any atom is -0.369 e. The Morgan fingerprint density at radius 2 is 1.56 bits per heavy atom. The first-order valence-electron chi connectivity index (χ1n) is 14.4. The topological polar surface area (TPSA) is 124 Å². The van der Waals surface area contributed by atoms with Crippen molar-refractivity contribution in [2.24, 2.45) is 16.1 Å². The molecule has 0 spiro atoms. The highest BCUT2D eigenvalue weighted by Crippen LogP contribution is 2.51. The van der Waals surface area contributed by atoms with Gasteiger partial charge in [-0.3, -0.25) is 9.69 Å². The number of benzene rings is 3. The number of halogens is 6. The lowest BCUT2D eigenvalue weighted by Crippen LogP contribution is -2.47. The highest BCUT2D eigenvalue weighted by molar-refractivity contribution is 7.90. The first kappa shape index (κ1) is 35.0. The van der Waals surface area contributed by atoms with Crippen LogP contribution in [0.25, 0.3) is 22.5 Å². The number of amides is 1. The number of alkyl halides is 5. The van der Waals surface area contributed by atoms with Gasteiger partial charge in [-0.1, -0.05) is 67.9 Å². The van der Waals surface area contributed by atoms with Gasteiger partial charge in [0.15, 0.2) is 27.2 Å². The van der Waals surface area contributed by atoms with E-state index in [1.807, 2.05) is 0 Å². The van der Waals surface area contributed by atoms with Crippen LogP contribution in [-0.4, -0.2) is 52.4 Å². The summed E-state index contributed by atoms with van der Waals surface area (Å²) in [6, 6.07) is 15.7. The number of sulfone groups is 1. The van der Waals surface area contributed by atoms with Crippen molar-refractivity contribution in [2.75, 3.05) is 6.26 Å². The van der Waals surface area contributed by atoms with E-state index in [2.05, 4.69) is 15.1 Å². The smallest absolute Gasteiger partial charge is 0.369 e. The van der Waals surface area contributed by atoms with Crippen molar-refractivity contribution >= 4 is 33.3 Å². The zero-order valence-electron chi connectivity index (χ0n) is 26.0. The zero-order valence-corrected chi connectivity index (χ0v) is 27.6. The van der Waals surface area contributed by atoms with Crippen LogP contribution in [0.2, 0.25) is 5.02 Å². The number of carbonyl (C=O) groups excluding carboxylic acids is 1. The second-order valence-electron chi connectivity index (χ2n) is 12.2. The largest absolute Gasteiger partial charge is 0.394 e. The number of rotatable bonds is 9. The maximum atomic E-state index is 14.4. The summed E-state index contributed by atoms with van der Waals surface area (Å²) >= 11 is 6.32. The number of nitrogens with zero attached hydrogens (tertiary/aromatic N) is 5. The lowest BCUT2D eigenvalue weighted by Gasteiger charge is -2.37. The van der Waals surface area contributed by atoms with E-state index >= 15 is 0 Å². The first-order valence-corrected chi connectivity index (χ1v) is 16.7. The second kappa shape index (κ2) is 12.3. The third-order valence-electron chi connectivity index (χ3n) is 8.43. The molecule has 1 aromatic heterocycles. The molecule has 5 rings (SSSR count). The molecule has 254 valence electrons. The first-order chi connectivity index (χ1) is 22.3. The van der Waals surface area contributed by atoms with Gasteiger partial charge in [-0.05, 0) is 59.9 Å². The SMILES string of the molecule is C[C@@H](c1ccc(Cl)c(-c2ncnn2C(F)F)c1)N1C(=O)[C@@](CC(C)(C)C(F)(F)F)(c2ccc(-c3ccc(S(C)(=O)=O)cc3)cc2)N=C1N. The van der Waals surface area contributed by atoms with Gasteiger partial charge in [0.1, 0.15) is 6.33 Å². The van der Waals surface area contributed by atoms with Crippen LogP contribution >= 0.6 is 11.6 Å². The average Bonchev–Trinajstić information content (AvgIpc) is 3.59. The van der Waals surface area contributed by atoms with Crippen molar-refractivity contribution in [3.05, 3.63) is 89.2 Å². The molecule has 9 nitrogen and oxygen atoms in total. The van der Waals surface area contributed by atoms with Crippen molar-refractivity contribution in [1.82, 2.24) is 19.7 Å². The number of hydrogen-bond donors (Lipinski definition) is 1. The van der Waals surface area contributed by atoms with Crippen LogP contribution < -0.4 is 5.73 Å². The lowest BCUT2D eigenvalue weighted by molar-refractivity contribution is -0.218. The summed E-state index contributed by atoms with van der Waals surface area (Å²) in [6.07, 6.45) is -3.47. The predicted molar refractivity (Wildman–Crippen MR) is 170 cm³/mol. The average molecular weight is 709 g/mol. The van der Waals surface area contributed by atoms with Crippen LogP contribution in [0.1, 0.15) is 50.9 Å². The number of carbonyl (C=O) groups is 1. The van der Waals surface area contributed by atoms with E-state index in [9.17, 15) is 35.2 Å². The van der Waals surface area contributed by atoms with E-state index in [-0.39, 0.29) is 32.8 Å². The molecule has 0 unspecified atom stereocenters. The minimum absolute atomic E-state index is 0.0718. The number of nitrogens with two attached hydrogens (primary N) is 1. The normalized spacial score (nSPS) is 18.0. The minimum atomic E-state index is -4.71. The molecule has 1 amide bonds. The number of hydrogen-bond acceptors (Lipinski definition) is 7. The molecule has 1 aliphatic heterocycles. The monoisotopic (exact) mass is 708 g/mol. The highest BCUT2D eigenvalue weighted by Gasteiger charge is 2.58. The van der Waals surface area contributed by atoms with E-state index in [1.54, 1.807) is 31.2 Å². The number of aliphatic imine (C=N–C) groups is 1. The molecule has 48 heavy (non-hydrogen) atoms. The van der Waals surface area contributed by atoms with E-state index in [1.165, 1.54) is 42.5 Å². The van der Waals surface area contributed by atoms with Crippen LogP contribution in [0.5, 0.6) is 0 Å². The molecule has 4 aromatic rings. The fourth-order valence-corrected chi connectivity index (χ4v) is 6.49. The van der Waals surface area contributed by atoms with Gasteiger partial charge in [-0.15, -0.1) is 0 Å². The van der Waals surface area contributed by atoms with Gasteiger partial charge in [0.2, 0.25) is 0 Å². The summed E-state index contributed by atoms with van der Waals surface area (Å²) in [5, 5.41) is 3.60. The molecule has 0 fully saturated rings. The van der Waals surface area contributed by atoms with Gasteiger partial charge in [-0.25, -0.2) is 18.4 Å². The Bertz CT molecular complexity index is 2000. The van der Waals surface area contributed by atoms with Gasteiger partial charge in [0.05, 0.1) is 21.4 Å². The van der Waals surface area contributed by atoms with E-state index < -0.39 is 51.9 Å². The Morgan fingerprint density at radius 3 is 2.10 bits per heavy atom. The molecule has 0 bridgehead atoms. The van der Waals surface area contributed by atoms with Crippen molar-refractivity contribution in [3.8, 4) is 22.5 Å². The molecular weight excluding hydrogens is 679 g/mol. The molecule has 0 aliphatic carbocycles. The molecule has 0 radical (unpaired) electrons. The van der Waals surface area contributed by atoms with Crippen LogP contribution in [-0.2, 0) is 20.2 Å². The van der Waals surface area contributed by atoms with Gasteiger partial charge in [-0.2, -0.15) is 31.7 Å². The maximum absolute atomic E-state index is 14.4. The Balaban J connectivity index is 1.55. The molecule has 2 N–H and O–H groups in total. The molecule has 2 heterocycles. The van der Waals surface area contributed by atoms with Crippen molar-refractivity contribution in [1.29, 1.82) is 0 Å². The Labute approximate surface area is 278 Å².